The van der Waals surface area contributed by atoms with Gasteiger partial charge in [0, 0.05) is 11.4 Å². The summed E-state index contributed by atoms with van der Waals surface area (Å²) in [7, 11) is 0. The molecule has 27 heavy (non-hydrogen) atoms. The summed E-state index contributed by atoms with van der Waals surface area (Å²) in [5, 5.41) is 6.51. The van der Waals surface area contributed by atoms with Crippen LogP contribution in [0.15, 0.2) is 43.2 Å². The van der Waals surface area contributed by atoms with Gasteiger partial charge in [0.25, 0.3) is 0 Å². The maximum absolute atomic E-state index is 4.40. The monoisotopic (exact) mass is 358 g/mol. The van der Waals surface area contributed by atoms with Crippen molar-refractivity contribution >= 4 is 45.6 Å². The van der Waals surface area contributed by atoms with Gasteiger partial charge in [0.2, 0.25) is 11.9 Å². The van der Waals surface area contributed by atoms with Crippen LogP contribution in [-0.4, -0.2) is 39.9 Å². The van der Waals surface area contributed by atoms with Gasteiger partial charge in [0.1, 0.15) is 23.7 Å². The summed E-state index contributed by atoms with van der Waals surface area (Å²) >= 11 is 0. The molecule has 4 aromatic heterocycles. The first-order chi connectivity index (χ1) is 13.2. The van der Waals surface area contributed by atoms with Crippen molar-refractivity contribution in [3.63, 3.8) is 0 Å². The van der Waals surface area contributed by atoms with E-state index in [1.54, 1.807) is 12.4 Å². The molecule has 0 atom stereocenters. The van der Waals surface area contributed by atoms with E-state index in [1.807, 2.05) is 25.1 Å². The van der Waals surface area contributed by atoms with E-state index < -0.39 is 0 Å². The van der Waals surface area contributed by atoms with Crippen LogP contribution in [0.25, 0.3) is 22.3 Å². The van der Waals surface area contributed by atoms with Crippen molar-refractivity contribution in [1.29, 1.82) is 0 Å². The molecule has 0 fully saturated rings. The number of fused-ring (bicyclic) bond motifs is 2. The topological polar surface area (TPSA) is 133 Å². The second-order valence-electron chi connectivity index (χ2n) is 5.97. The molecule has 4 N–H and O–H groups in total. The minimum absolute atomic E-state index is 0.612. The van der Waals surface area contributed by atoms with Crippen molar-refractivity contribution in [2.75, 3.05) is 10.6 Å². The van der Waals surface area contributed by atoms with Crippen molar-refractivity contribution in [2.45, 2.75) is 6.92 Å². The van der Waals surface area contributed by atoms with Gasteiger partial charge in [-0.05, 0) is 30.7 Å². The highest BCUT2D eigenvalue weighted by molar-refractivity contribution is 5.76. The smallest absolute Gasteiger partial charge is 0.207 e. The number of benzene rings is 1. The quantitative estimate of drug-likeness (QED) is 0.385. The summed E-state index contributed by atoms with van der Waals surface area (Å²) in [5.41, 5.74) is 5.69. The van der Waals surface area contributed by atoms with Gasteiger partial charge in [0.05, 0.1) is 12.4 Å². The van der Waals surface area contributed by atoms with Gasteiger partial charge in [-0.1, -0.05) is 0 Å². The number of imidazole rings is 2. The van der Waals surface area contributed by atoms with Crippen LogP contribution in [0, 0.1) is 6.92 Å². The third-order valence-electron chi connectivity index (χ3n) is 4.07. The van der Waals surface area contributed by atoms with Crippen molar-refractivity contribution in [3.8, 4) is 0 Å². The Morgan fingerprint density at radius 1 is 0.815 bits per heavy atom. The molecule has 0 aliphatic rings. The molecule has 0 saturated carbocycles. The zero-order chi connectivity index (χ0) is 18.2. The number of aromatic amines is 2. The molecule has 5 aromatic rings. The molecule has 0 radical (unpaired) electrons. The molecule has 0 aliphatic heterocycles. The lowest BCUT2D eigenvalue weighted by molar-refractivity contribution is 1.20. The lowest BCUT2D eigenvalue weighted by atomic mass is 10.2. The van der Waals surface area contributed by atoms with Gasteiger partial charge in [-0.25, -0.2) is 19.9 Å². The summed E-state index contributed by atoms with van der Waals surface area (Å²) < 4.78 is 0. The summed E-state index contributed by atoms with van der Waals surface area (Å²) in [4.78, 5) is 31.3. The van der Waals surface area contributed by atoms with Crippen molar-refractivity contribution < 1.29 is 0 Å². The number of hydrogen-bond donors (Lipinski definition) is 4. The third kappa shape index (κ3) is 2.88. The standard InChI is InChI=1S/C17H14N10/c1-9-4-10(22-16-24-12-5-18-7-20-14(12)26-16)2-3-11(9)23-17-25-13-6-19-8-21-15(13)27-17/h2-8H,1H3,(H2,18,20,22,24,26)(H2,19,21,23,25,27). The Morgan fingerprint density at radius 3 is 2.04 bits per heavy atom. The minimum Gasteiger partial charge on any atom is -0.326 e. The van der Waals surface area contributed by atoms with E-state index in [4.69, 9.17) is 0 Å². The average Bonchev–Trinajstić information content (AvgIpc) is 3.26. The largest absolute Gasteiger partial charge is 0.326 e. The van der Waals surface area contributed by atoms with Gasteiger partial charge in [-0.15, -0.1) is 0 Å². The van der Waals surface area contributed by atoms with Crippen LogP contribution in [0.4, 0.5) is 23.3 Å². The highest BCUT2D eigenvalue weighted by Crippen LogP contribution is 2.25. The lowest BCUT2D eigenvalue weighted by Gasteiger charge is -2.09. The summed E-state index contributed by atoms with van der Waals surface area (Å²) in [6, 6.07) is 5.94. The van der Waals surface area contributed by atoms with E-state index in [-0.39, 0.29) is 0 Å². The van der Waals surface area contributed by atoms with E-state index in [9.17, 15) is 0 Å². The Hall–Kier alpha value is -4.08. The second-order valence-corrected chi connectivity index (χ2v) is 5.97. The predicted octanol–water partition coefficient (Wildman–Crippen LogP) is 2.81. The Bertz CT molecular complexity index is 1190. The zero-order valence-electron chi connectivity index (χ0n) is 14.2. The first-order valence-corrected chi connectivity index (χ1v) is 8.21. The number of anilines is 4. The summed E-state index contributed by atoms with van der Waals surface area (Å²) in [6.07, 6.45) is 6.33. The summed E-state index contributed by atoms with van der Waals surface area (Å²) in [6.45, 7) is 2.01. The number of nitrogens with one attached hydrogen (secondary N) is 4. The van der Waals surface area contributed by atoms with Crippen molar-refractivity contribution in [1.82, 2.24) is 39.9 Å². The normalized spacial score (nSPS) is 11.1. The predicted molar refractivity (Wildman–Crippen MR) is 101 cm³/mol. The molecule has 4 heterocycles. The van der Waals surface area contributed by atoms with E-state index in [2.05, 4.69) is 50.5 Å². The molecule has 0 bridgehead atoms. The lowest BCUT2D eigenvalue weighted by Crippen LogP contribution is -1.97. The maximum atomic E-state index is 4.40. The van der Waals surface area contributed by atoms with Gasteiger partial charge >= 0.3 is 0 Å². The molecular formula is C17H14N10. The molecule has 0 saturated heterocycles. The van der Waals surface area contributed by atoms with Crippen LogP contribution < -0.4 is 10.6 Å². The Morgan fingerprint density at radius 2 is 1.44 bits per heavy atom. The van der Waals surface area contributed by atoms with Crippen LogP contribution in [-0.2, 0) is 0 Å². The van der Waals surface area contributed by atoms with Crippen LogP contribution >= 0.6 is 0 Å². The van der Waals surface area contributed by atoms with E-state index >= 15 is 0 Å². The van der Waals surface area contributed by atoms with E-state index in [0.29, 0.717) is 23.2 Å². The van der Waals surface area contributed by atoms with Crippen LogP contribution in [0.1, 0.15) is 5.56 Å². The highest BCUT2D eigenvalue weighted by atomic mass is 15.2. The summed E-state index contributed by atoms with van der Waals surface area (Å²) in [5.74, 6) is 1.23. The number of rotatable bonds is 4. The highest BCUT2D eigenvalue weighted by Gasteiger charge is 2.08. The minimum atomic E-state index is 0.612. The number of H-pyrrole nitrogens is 2. The van der Waals surface area contributed by atoms with E-state index in [0.717, 1.165) is 28.0 Å². The molecule has 0 unspecified atom stereocenters. The Labute approximate surface area is 152 Å². The Kier molecular flexibility index (Phi) is 3.39. The molecule has 0 aliphatic carbocycles. The Balaban J connectivity index is 1.38. The van der Waals surface area contributed by atoms with Crippen LogP contribution in [0.3, 0.4) is 0 Å². The fourth-order valence-corrected chi connectivity index (χ4v) is 2.79. The van der Waals surface area contributed by atoms with Gasteiger partial charge in [0.15, 0.2) is 11.3 Å². The second kappa shape index (κ2) is 6.02. The first-order valence-electron chi connectivity index (χ1n) is 8.21. The zero-order valence-corrected chi connectivity index (χ0v) is 14.2. The molecule has 0 spiro atoms. The fraction of sp³-hybridized carbons (Fsp3) is 0.0588. The first kappa shape index (κ1) is 15.2. The maximum Gasteiger partial charge on any atom is 0.207 e. The molecule has 5 rings (SSSR count). The van der Waals surface area contributed by atoms with Gasteiger partial charge in [-0.2, -0.15) is 9.97 Å². The van der Waals surface area contributed by atoms with Gasteiger partial charge in [-0.3, -0.25) is 0 Å². The number of hydrogen-bond acceptors (Lipinski definition) is 8. The number of aryl methyl sites for hydroxylation is 1. The molecule has 0 amide bonds. The number of aromatic nitrogens is 8. The van der Waals surface area contributed by atoms with Crippen LogP contribution in [0.5, 0.6) is 0 Å². The number of nitrogens with zero attached hydrogens (tertiary/aromatic N) is 6. The third-order valence-corrected chi connectivity index (χ3v) is 4.07. The van der Waals surface area contributed by atoms with E-state index in [1.165, 1.54) is 12.7 Å². The van der Waals surface area contributed by atoms with Crippen molar-refractivity contribution in [2.24, 2.45) is 0 Å². The van der Waals surface area contributed by atoms with Gasteiger partial charge < -0.3 is 20.6 Å². The van der Waals surface area contributed by atoms with Crippen LogP contribution in [0.2, 0.25) is 0 Å². The van der Waals surface area contributed by atoms with Crippen molar-refractivity contribution in [3.05, 3.63) is 48.8 Å². The molecule has 10 nitrogen and oxygen atoms in total. The molecule has 132 valence electrons. The fourth-order valence-electron chi connectivity index (χ4n) is 2.79. The average molecular weight is 358 g/mol. The molecule has 1 aromatic carbocycles. The molecule has 10 heteroatoms. The molecular weight excluding hydrogens is 344 g/mol. The SMILES string of the molecule is Cc1cc(Nc2nc3ncncc3[nH]2)ccc1Nc1nc2ncncc2[nH]1.